The average molecular weight is 314 g/mol. The van der Waals surface area contributed by atoms with Gasteiger partial charge in [-0.05, 0) is 12.8 Å². The van der Waals surface area contributed by atoms with Gasteiger partial charge >= 0.3 is 37.7 Å². The number of rotatable bonds is 6. The molecule has 0 aromatic rings. The smallest absolute Gasteiger partial charge is 0.748 e. The van der Waals surface area contributed by atoms with Crippen LogP contribution in [0.15, 0.2) is 0 Å². The Kier molecular flexibility index (Phi) is 16.6. The molecule has 9 heteroatoms. The predicted molar refractivity (Wildman–Crippen MR) is 64.7 cm³/mol. The number of hydrogen-bond acceptors (Lipinski definition) is 6. The second kappa shape index (κ2) is 12.1. The fourth-order valence-electron chi connectivity index (χ4n) is 0.642. The molecule has 0 spiro atoms. The van der Waals surface area contributed by atoms with Crippen molar-refractivity contribution in [1.29, 1.82) is 0 Å². The normalized spacial score (nSPS) is 11.1. The Hall–Kier alpha value is 1.08. The Bertz CT molecular complexity index is 312. The van der Waals surface area contributed by atoms with E-state index in [9.17, 15) is 25.9 Å². The molecular weight excluding hydrogens is 296 g/mol. The van der Waals surface area contributed by atoms with Crippen LogP contribution in [0.3, 0.4) is 0 Å². The molecule has 100 valence electrons. The maximum absolute atomic E-state index is 9.83. The van der Waals surface area contributed by atoms with Crippen molar-refractivity contribution in [2.45, 2.75) is 39.5 Å². The molecule has 0 saturated carbocycles. The van der Waals surface area contributed by atoms with Crippen molar-refractivity contribution >= 4 is 58.0 Å². The Morgan fingerprint density at radius 2 is 1.00 bits per heavy atom. The third kappa shape index (κ3) is 31.6. The molecule has 0 unspecified atom stereocenters. The van der Waals surface area contributed by atoms with Crippen molar-refractivity contribution in [2.75, 3.05) is 11.5 Å². The van der Waals surface area contributed by atoms with E-state index in [0.29, 0.717) is 12.8 Å². The van der Waals surface area contributed by atoms with E-state index in [2.05, 4.69) is 0 Å². The first-order valence-electron chi connectivity index (χ1n) is 4.99. The minimum Gasteiger partial charge on any atom is -0.748 e. The summed E-state index contributed by atoms with van der Waals surface area (Å²) in [6, 6.07) is 0. The van der Waals surface area contributed by atoms with E-state index in [4.69, 9.17) is 0 Å². The molecule has 0 bridgehead atoms. The summed E-state index contributed by atoms with van der Waals surface area (Å²) in [6.45, 7) is 3.68. The van der Waals surface area contributed by atoms with E-state index in [-0.39, 0.29) is 49.2 Å². The quantitative estimate of drug-likeness (QED) is 0.514. The molecule has 0 fully saturated rings. The summed E-state index contributed by atoms with van der Waals surface area (Å²) in [5.41, 5.74) is 0. The van der Waals surface area contributed by atoms with Crippen molar-refractivity contribution in [1.82, 2.24) is 0 Å². The molecule has 0 amide bonds. The van der Waals surface area contributed by atoms with Crippen molar-refractivity contribution in [3.63, 3.8) is 0 Å². The first kappa shape index (κ1) is 23.2. The number of hydrogen-bond donors (Lipinski definition) is 0. The average Bonchev–Trinajstić information content (AvgIpc) is 2.10. The van der Waals surface area contributed by atoms with Crippen LogP contribution >= 0.6 is 0 Å². The molecule has 6 nitrogen and oxygen atoms in total. The summed E-state index contributed by atoms with van der Waals surface area (Å²) in [4.78, 5) is 0. The van der Waals surface area contributed by atoms with Crippen molar-refractivity contribution in [3.8, 4) is 0 Å². The SMILES string of the molecule is CCCCS(=O)(=O)[O-].CCCCS(=O)(=O)[O-].[Ca+2]. The van der Waals surface area contributed by atoms with Crippen LogP contribution in [0.25, 0.3) is 0 Å². The van der Waals surface area contributed by atoms with Crippen LogP contribution in [0.5, 0.6) is 0 Å². The van der Waals surface area contributed by atoms with Gasteiger partial charge in [0.1, 0.15) is 0 Å². The molecule has 0 atom stereocenters. The van der Waals surface area contributed by atoms with Gasteiger partial charge in [-0.3, -0.25) is 0 Å². The zero-order valence-electron chi connectivity index (χ0n) is 10.2. The van der Waals surface area contributed by atoms with Gasteiger partial charge in [0.15, 0.2) is 0 Å². The van der Waals surface area contributed by atoms with Gasteiger partial charge in [-0.15, -0.1) is 0 Å². The molecule has 0 radical (unpaired) electrons. The van der Waals surface area contributed by atoms with Crippen LogP contribution in [0.2, 0.25) is 0 Å². The van der Waals surface area contributed by atoms with Gasteiger partial charge in [-0.1, -0.05) is 26.7 Å². The van der Waals surface area contributed by atoms with Gasteiger partial charge in [0.2, 0.25) is 0 Å². The Morgan fingerprint density at radius 3 is 1.06 bits per heavy atom. The van der Waals surface area contributed by atoms with Gasteiger partial charge in [-0.25, -0.2) is 16.8 Å². The third-order valence-corrected chi connectivity index (χ3v) is 3.07. The summed E-state index contributed by atoms with van der Waals surface area (Å²) in [5, 5.41) is 0. The predicted octanol–water partition coefficient (Wildman–Crippen LogP) is 0.283. The monoisotopic (exact) mass is 314 g/mol. The maximum atomic E-state index is 9.83. The first-order chi connectivity index (χ1) is 7.12. The second-order valence-corrected chi connectivity index (χ2v) is 6.28. The van der Waals surface area contributed by atoms with Crippen LogP contribution in [-0.2, 0) is 20.2 Å². The minimum atomic E-state index is -3.94. The Labute approximate surface area is 134 Å². The van der Waals surface area contributed by atoms with Crippen LogP contribution in [0, 0.1) is 0 Å². The largest absolute Gasteiger partial charge is 2.00 e. The van der Waals surface area contributed by atoms with Crippen molar-refractivity contribution < 1.29 is 25.9 Å². The van der Waals surface area contributed by atoms with E-state index < -0.39 is 20.2 Å². The van der Waals surface area contributed by atoms with Crippen LogP contribution in [0.4, 0.5) is 0 Å². The van der Waals surface area contributed by atoms with Crippen molar-refractivity contribution in [3.05, 3.63) is 0 Å². The summed E-state index contributed by atoms with van der Waals surface area (Å²) in [7, 11) is -7.87. The molecule has 0 aromatic carbocycles. The molecule has 0 saturated heterocycles. The molecule has 17 heavy (non-hydrogen) atoms. The standard InChI is InChI=1S/2C4H10O3S.Ca/c2*1-2-3-4-8(5,6)7;/h2*2-4H2,1H3,(H,5,6,7);/q;;+2/p-2. The first-order valence-corrected chi connectivity index (χ1v) is 8.15. The molecule has 0 rings (SSSR count). The molecule has 0 aliphatic rings. The Balaban J connectivity index is -0.000000218. The maximum Gasteiger partial charge on any atom is 2.00 e. The molecule has 0 heterocycles. The van der Waals surface area contributed by atoms with E-state index in [1.807, 2.05) is 13.8 Å². The van der Waals surface area contributed by atoms with Crippen LogP contribution in [0.1, 0.15) is 39.5 Å². The zero-order valence-corrected chi connectivity index (χ0v) is 14.1. The summed E-state index contributed by atoms with van der Waals surface area (Å²) < 4.78 is 59.0. The second-order valence-electron chi connectivity index (χ2n) is 3.23. The van der Waals surface area contributed by atoms with E-state index >= 15 is 0 Å². The van der Waals surface area contributed by atoms with Gasteiger partial charge < -0.3 is 9.11 Å². The summed E-state index contributed by atoms with van der Waals surface area (Å²) in [6.07, 6.45) is 2.46. The van der Waals surface area contributed by atoms with E-state index in [1.165, 1.54) is 0 Å². The summed E-state index contributed by atoms with van der Waals surface area (Å²) in [5.74, 6) is -0.438. The molecule has 0 aromatic heterocycles. The third-order valence-electron chi connectivity index (χ3n) is 1.50. The van der Waals surface area contributed by atoms with E-state index in [0.717, 1.165) is 12.8 Å². The zero-order chi connectivity index (χ0) is 13.2. The molecule has 0 aliphatic carbocycles. The molecule has 0 N–H and O–H groups in total. The molecule has 0 aliphatic heterocycles. The minimum absolute atomic E-state index is 0. The number of unbranched alkanes of at least 4 members (excludes halogenated alkanes) is 2. The van der Waals surface area contributed by atoms with Crippen LogP contribution < -0.4 is 0 Å². The topological polar surface area (TPSA) is 114 Å². The van der Waals surface area contributed by atoms with E-state index in [1.54, 1.807) is 0 Å². The van der Waals surface area contributed by atoms with Gasteiger partial charge in [0.25, 0.3) is 0 Å². The van der Waals surface area contributed by atoms with Crippen molar-refractivity contribution in [2.24, 2.45) is 0 Å². The van der Waals surface area contributed by atoms with Gasteiger partial charge in [-0.2, -0.15) is 0 Å². The van der Waals surface area contributed by atoms with Crippen LogP contribution in [-0.4, -0.2) is 75.2 Å². The fourth-order valence-corrected chi connectivity index (χ4v) is 1.93. The van der Waals surface area contributed by atoms with Gasteiger partial charge in [0.05, 0.1) is 20.2 Å². The molecular formula is C8H18CaO6S2. The van der Waals surface area contributed by atoms with Gasteiger partial charge in [0, 0.05) is 11.5 Å². The summed E-state index contributed by atoms with van der Waals surface area (Å²) >= 11 is 0. The Morgan fingerprint density at radius 1 is 0.765 bits per heavy atom. The fraction of sp³-hybridized carbons (Fsp3) is 1.00.